The first-order valence-corrected chi connectivity index (χ1v) is 11.6. The van der Waals surface area contributed by atoms with E-state index in [1.54, 1.807) is 0 Å². The van der Waals surface area contributed by atoms with E-state index in [1.807, 2.05) is 67.4 Å². The molecule has 0 unspecified atom stereocenters. The average Bonchev–Trinajstić information content (AvgIpc) is 3.39. The number of carbonyl (C=O) groups excluding carboxylic acids is 1. The monoisotopic (exact) mass is 431 g/mol. The SMILES string of the molecule is CC(C)N(C(=O)CSc1nnc(-c2c[nH]c3ccccc23)n1C1CC1)c1ccccc1. The second-order valence-corrected chi connectivity index (χ2v) is 9.08. The molecule has 7 heteroatoms. The summed E-state index contributed by atoms with van der Waals surface area (Å²) in [7, 11) is 0. The van der Waals surface area contributed by atoms with Gasteiger partial charge in [0.1, 0.15) is 0 Å². The fourth-order valence-electron chi connectivity index (χ4n) is 3.99. The molecular formula is C24H25N5OS. The summed E-state index contributed by atoms with van der Waals surface area (Å²) in [4.78, 5) is 18.3. The molecule has 1 N–H and O–H groups in total. The number of rotatable bonds is 7. The molecule has 2 aromatic heterocycles. The summed E-state index contributed by atoms with van der Waals surface area (Å²) >= 11 is 1.48. The molecule has 2 aromatic carbocycles. The van der Waals surface area contributed by atoms with Crippen molar-refractivity contribution in [3.05, 3.63) is 60.8 Å². The van der Waals surface area contributed by atoms with Gasteiger partial charge in [-0.2, -0.15) is 0 Å². The van der Waals surface area contributed by atoms with Gasteiger partial charge in [0.2, 0.25) is 5.91 Å². The van der Waals surface area contributed by atoms with E-state index in [0.29, 0.717) is 11.8 Å². The summed E-state index contributed by atoms with van der Waals surface area (Å²) in [5.41, 5.74) is 3.06. The zero-order chi connectivity index (χ0) is 21.4. The van der Waals surface area contributed by atoms with Crippen molar-refractivity contribution in [2.45, 2.75) is 43.9 Å². The van der Waals surface area contributed by atoms with Gasteiger partial charge in [0.25, 0.3) is 0 Å². The van der Waals surface area contributed by atoms with Gasteiger partial charge in [0.05, 0.1) is 5.75 Å². The lowest BCUT2D eigenvalue weighted by molar-refractivity contribution is -0.116. The number of aromatic nitrogens is 4. The number of aromatic amines is 1. The fraction of sp³-hybridized carbons (Fsp3) is 0.292. The highest BCUT2D eigenvalue weighted by atomic mass is 32.2. The van der Waals surface area contributed by atoms with Crippen LogP contribution in [0.15, 0.2) is 66.0 Å². The number of hydrogen-bond acceptors (Lipinski definition) is 4. The Hall–Kier alpha value is -3.06. The maximum absolute atomic E-state index is 13.1. The molecule has 1 amide bonds. The van der Waals surface area contributed by atoms with E-state index in [1.165, 1.54) is 11.8 Å². The summed E-state index contributed by atoms with van der Waals surface area (Å²) < 4.78 is 2.22. The Kier molecular flexibility index (Phi) is 5.28. The van der Waals surface area contributed by atoms with Gasteiger partial charge in [-0.3, -0.25) is 9.36 Å². The molecule has 1 aliphatic rings. The normalized spacial score (nSPS) is 13.8. The van der Waals surface area contributed by atoms with Gasteiger partial charge < -0.3 is 9.88 Å². The van der Waals surface area contributed by atoms with Crippen molar-refractivity contribution >= 4 is 34.3 Å². The van der Waals surface area contributed by atoms with Crippen LogP contribution in [0.3, 0.4) is 0 Å². The van der Waals surface area contributed by atoms with Gasteiger partial charge in [-0.1, -0.05) is 48.2 Å². The van der Waals surface area contributed by atoms with E-state index >= 15 is 0 Å². The first kappa shape index (κ1) is 19.9. The quantitative estimate of drug-likeness (QED) is 0.404. The Labute approximate surface area is 185 Å². The van der Waals surface area contributed by atoms with Crippen LogP contribution in [0.4, 0.5) is 5.69 Å². The third kappa shape index (κ3) is 3.85. The molecule has 0 atom stereocenters. The Balaban J connectivity index is 1.41. The first-order chi connectivity index (χ1) is 15.1. The molecule has 6 nitrogen and oxygen atoms in total. The molecular weight excluding hydrogens is 406 g/mol. The summed E-state index contributed by atoms with van der Waals surface area (Å²) in [6.07, 6.45) is 4.25. The van der Waals surface area contributed by atoms with Crippen LogP contribution in [0.1, 0.15) is 32.7 Å². The van der Waals surface area contributed by atoms with Crippen molar-refractivity contribution in [1.29, 1.82) is 0 Å². The Morgan fingerprint density at radius 2 is 1.87 bits per heavy atom. The number of para-hydroxylation sites is 2. The van der Waals surface area contributed by atoms with Gasteiger partial charge in [-0.05, 0) is 44.9 Å². The van der Waals surface area contributed by atoms with E-state index in [4.69, 9.17) is 0 Å². The molecule has 5 rings (SSSR count). The van der Waals surface area contributed by atoms with E-state index in [-0.39, 0.29) is 11.9 Å². The topological polar surface area (TPSA) is 66.8 Å². The van der Waals surface area contributed by atoms with Crippen molar-refractivity contribution in [1.82, 2.24) is 19.7 Å². The van der Waals surface area contributed by atoms with Crippen LogP contribution in [0.25, 0.3) is 22.3 Å². The van der Waals surface area contributed by atoms with Gasteiger partial charge in [0.15, 0.2) is 11.0 Å². The molecule has 4 aromatic rings. The number of hydrogen-bond donors (Lipinski definition) is 1. The summed E-state index contributed by atoms with van der Waals surface area (Å²) in [5.74, 6) is 1.27. The number of thioether (sulfide) groups is 1. The minimum absolute atomic E-state index is 0.0743. The second-order valence-electron chi connectivity index (χ2n) is 8.14. The summed E-state index contributed by atoms with van der Waals surface area (Å²) in [6.45, 7) is 4.08. The van der Waals surface area contributed by atoms with Crippen LogP contribution < -0.4 is 4.90 Å². The molecule has 158 valence electrons. The van der Waals surface area contributed by atoms with Crippen LogP contribution in [-0.2, 0) is 4.79 Å². The maximum Gasteiger partial charge on any atom is 0.237 e. The smallest absolute Gasteiger partial charge is 0.237 e. The number of fused-ring (bicyclic) bond motifs is 1. The van der Waals surface area contributed by atoms with Crippen molar-refractivity contribution in [3.63, 3.8) is 0 Å². The lowest BCUT2D eigenvalue weighted by atomic mass is 10.1. The van der Waals surface area contributed by atoms with E-state index in [9.17, 15) is 4.79 Å². The lowest BCUT2D eigenvalue weighted by Gasteiger charge is -2.26. The number of benzene rings is 2. The molecule has 0 bridgehead atoms. The molecule has 1 saturated carbocycles. The van der Waals surface area contributed by atoms with Crippen molar-refractivity contribution in [3.8, 4) is 11.4 Å². The van der Waals surface area contributed by atoms with E-state index in [0.717, 1.165) is 46.0 Å². The predicted molar refractivity (Wildman–Crippen MR) is 125 cm³/mol. The fourth-order valence-corrected chi connectivity index (χ4v) is 4.86. The van der Waals surface area contributed by atoms with Crippen LogP contribution >= 0.6 is 11.8 Å². The van der Waals surface area contributed by atoms with E-state index < -0.39 is 0 Å². The minimum atomic E-state index is 0.0743. The number of amides is 1. The average molecular weight is 432 g/mol. The maximum atomic E-state index is 13.1. The van der Waals surface area contributed by atoms with Crippen LogP contribution in [0.5, 0.6) is 0 Å². The number of anilines is 1. The van der Waals surface area contributed by atoms with Crippen molar-refractivity contribution in [2.24, 2.45) is 0 Å². The highest BCUT2D eigenvalue weighted by molar-refractivity contribution is 7.99. The third-order valence-corrected chi connectivity index (χ3v) is 6.48. The highest BCUT2D eigenvalue weighted by Gasteiger charge is 2.31. The molecule has 0 radical (unpaired) electrons. The standard InChI is InChI=1S/C24H25N5OS/c1-16(2)28(17-8-4-3-5-9-17)22(30)15-31-24-27-26-23(29(24)18-12-13-18)20-14-25-21-11-7-6-10-19(20)21/h3-11,14,16,18,25H,12-13,15H2,1-2H3. The van der Waals surface area contributed by atoms with Crippen molar-refractivity contribution in [2.75, 3.05) is 10.7 Å². The Bertz CT molecular complexity index is 1210. The van der Waals surface area contributed by atoms with E-state index in [2.05, 4.69) is 31.9 Å². The summed E-state index contributed by atoms with van der Waals surface area (Å²) in [6, 6.07) is 18.6. The molecule has 0 saturated heterocycles. The van der Waals surface area contributed by atoms with Gasteiger partial charge in [-0.15, -0.1) is 10.2 Å². The van der Waals surface area contributed by atoms with Gasteiger partial charge >= 0.3 is 0 Å². The van der Waals surface area contributed by atoms with Crippen molar-refractivity contribution < 1.29 is 4.79 Å². The minimum Gasteiger partial charge on any atom is -0.360 e. The van der Waals surface area contributed by atoms with Crippen LogP contribution in [0, 0.1) is 0 Å². The Morgan fingerprint density at radius 3 is 2.61 bits per heavy atom. The molecule has 1 fully saturated rings. The number of H-pyrrole nitrogens is 1. The molecule has 1 aliphatic carbocycles. The number of nitrogens with zero attached hydrogens (tertiary/aromatic N) is 4. The zero-order valence-corrected chi connectivity index (χ0v) is 18.5. The van der Waals surface area contributed by atoms with Gasteiger partial charge in [-0.25, -0.2) is 0 Å². The van der Waals surface area contributed by atoms with Crippen LogP contribution in [0.2, 0.25) is 0 Å². The first-order valence-electron chi connectivity index (χ1n) is 10.6. The molecule has 0 spiro atoms. The highest BCUT2D eigenvalue weighted by Crippen LogP contribution is 2.42. The lowest BCUT2D eigenvalue weighted by Crippen LogP contribution is -2.38. The largest absolute Gasteiger partial charge is 0.360 e. The third-order valence-electron chi connectivity index (χ3n) is 5.55. The second kappa shape index (κ2) is 8.23. The zero-order valence-electron chi connectivity index (χ0n) is 17.7. The predicted octanol–water partition coefficient (Wildman–Crippen LogP) is 5.30. The molecule has 2 heterocycles. The number of carbonyl (C=O) groups is 1. The summed E-state index contributed by atoms with van der Waals surface area (Å²) in [5, 5.41) is 11.0. The van der Waals surface area contributed by atoms with Crippen LogP contribution in [-0.4, -0.2) is 37.5 Å². The van der Waals surface area contributed by atoms with Gasteiger partial charge in [0, 0.05) is 40.4 Å². The Morgan fingerprint density at radius 1 is 1.13 bits per heavy atom. The molecule has 0 aliphatic heterocycles. The number of nitrogens with one attached hydrogen (secondary N) is 1. The molecule has 31 heavy (non-hydrogen) atoms.